The quantitative estimate of drug-likeness (QED) is 0.0305. The molecule has 0 heterocycles. The molecule has 0 unspecified atom stereocenters. The number of aliphatic carboxylic acids is 1. The first-order valence-electron chi connectivity index (χ1n) is 14.1. The van der Waals surface area contributed by atoms with Crippen LogP contribution in [0.25, 0.3) is 11.1 Å². The van der Waals surface area contributed by atoms with Crippen LogP contribution in [0, 0.1) is 13.8 Å². The number of ketones is 1. The average molecular weight is 665 g/mol. The molecule has 0 bridgehead atoms. The van der Waals surface area contributed by atoms with Gasteiger partial charge in [0, 0.05) is 0 Å². The maximum Gasteiger partial charge on any atom is 0.339 e. The van der Waals surface area contributed by atoms with E-state index in [2.05, 4.69) is 31.0 Å². The van der Waals surface area contributed by atoms with Crippen molar-refractivity contribution in [2.75, 3.05) is 16.9 Å². The molecule has 242 valence electrons. The summed E-state index contributed by atoms with van der Waals surface area (Å²) in [6.45, 7) is 3.80. The summed E-state index contributed by atoms with van der Waals surface area (Å²) in [5, 5.41) is 30.2. The van der Waals surface area contributed by atoms with E-state index in [0.29, 0.717) is 22.8 Å². The van der Waals surface area contributed by atoms with Crippen LogP contribution in [-0.2, 0) is 19.7 Å². The zero-order chi connectivity index (χ0) is 34.6. The van der Waals surface area contributed by atoms with Crippen LogP contribution >= 0.6 is 0 Å². The topological polar surface area (TPSA) is 235 Å². The molecule has 4 aromatic carbocycles. The number of hydrazone groups is 1. The third-order valence-electron chi connectivity index (χ3n) is 7.15. The molecule has 14 nitrogen and oxygen atoms in total. The highest BCUT2D eigenvalue weighted by Gasteiger charge is 2.19. The van der Waals surface area contributed by atoms with Crippen LogP contribution in [0.3, 0.4) is 0 Å². The predicted molar refractivity (Wildman–Crippen MR) is 182 cm³/mol. The monoisotopic (exact) mass is 664 g/mol. The average Bonchev–Trinajstić information content (AvgIpc) is 3.04. The Hall–Kier alpha value is -6.32. The van der Waals surface area contributed by atoms with Crippen molar-refractivity contribution in [2.24, 2.45) is 25.6 Å². The molecular formula is C33H28N8O6S. The molecule has 0 saturated carbocycles. The standard InChI is InChI=1S/C33H28N8O6S/c1-18-15-20(3-11-27(18)38-37-23-7-14-30(42)25(17-23)33(43)44)21-4-12-28(19(2)16-21)39-41-32-26(34)10-13-29(31(32)35)40-36-22-5-8-24(9-6-22)48(45,46)47/h3-17,38H,34-35H2,1-2H3,(H,43,44)(H,45,46,47)/b37-23+,40-36?,41-39?. The second kappa shape index (κ2) is 13.6. The fourth-order valence-corrected chi connectivity index (χ4v) is 4.99. The van der Waals surface area contributed by atoms with Gasteiger partial charge < -0.3 is 16.6 Å². The minimum atomic E-state index is -4.32. The van der Waals surface area contributed by atoms with Crippen molar-refractivity contribution in [1.29, 1.82) is 0 Å². The summed E-state index contributed by atoms with van der Waals surface area (Å²) in [5.74, 6) is -1.90. The number of rotatable bonds is 9. The number of aryl methyl sites for hydroxylation is 2. The van der Waals surface area contributed by atoms with Crippen LogP contribution in [0.4, 0.5) is 39.8 Å². The van der Waals surface area contributed by atoms with E-state index in [-0.39, 0.29) is 33.2 Å². The highest BCUT2D eigenvalue weighted by molar-refractivity contribution is 7.85. The lowest BCUT2D eigenvalue weighted by molar-refractivity contribution is -0.134. The van der Waals surface area contributed by atoms with Crippen LogP contribution in [0.5, 0.6) is 0 Å². The van der Waals surface area contributed by atoms with Crippen molar-refractivity contribution < 1.29 is 27.7 Å². The normalized spacial score (nSPS) is 14.2. The molecule has 4 aromatic rings. The summed E-state index contributed by atoms with van der Waals surface area (Å²) in [6.07, 6.45) is 3.83. The van der Waals surface area contributed by atoms with Gasteiger partial charge in [0.1, 0.15) is 16.9 Å². The van der Waals surface area contributed by atoms with Crippen molar-refractivity contribution in [3.8, 4) is 11.1 Å². The molecule has 15 heteroatoms. The number of carboxylic acids is 1. The number of nitrogen functional groups attached to an aromatic ring is 2. The second-order valence-corrected chi connectivity index (χ2v) is 12.0. The van der Waals surface area contributed by atoms with Gasteiger partial charge in [-0.25, -0.2) is 4.79 Å². The van der Waals surface area contributed by atoms with Crippen molar-refractivity contribution >= 4 is 67.4 Å². The summed E-state index contributed by atoms with van der Waals surface area (Å²) >= 11 is 0. The first-order valence-corrected chi connectivity index (χ1v) is 15.6. The zero-order valence-corrected chi connectivity index (χ0v) is 26.3. The SMILES string of the molecule is Cc1cc(-c2ccc(N/N=C3\C=CC(=O)C(C(=O)O)=C3)c(C)c2)ccc1N=Nc1c(N)ccc(N=Nc2ccc(S(=O)(=O)O)cc2)c1N. The van der Waals surface area contributed by atoms with Gasteiger partial charge in [0.05, 0.1) is 39.0 Å². The van der Waals surface area contributed by atoms with E-state index in [1.54, 1.807) is 12.1 Å². The van der Waals surface area contributed by atoms with Gasteiger partial charge in [-0.3, -0.25) is 14.8 Å². The van der Waals surface area contributed by atoms with Gasteiger partial charge in [-0.05, 0) is 115 Å². The molecule has 1 aliphatic carbocycles. The largest absolute Gasteiger partial charge is 0.478 e. The number of hydrogen-bond acceptors (Lipinski definition) is 12. The summed E-state index contributed by atoms with van der Waals surface area (Å²) < 4.78 is 31.6. The first kappa shape index (κ1) is 33.1. The van der Waals surface area contributed by atoms with Crippen LogP contribution in [-0.4, -0.2) is 35.5 Å². The van der Waals surface area contributed by atoms with Crippen molar-refractivity contribution in [2.45, 2.75) is 18.7 Å². The number of carboxylic acid groups (broad SMARTS) is 1. The van der Waals surface area contributed by atoms with Gasteiger partial charge >= 0.3 is 5.97 Å². The van der Waals surface area contributed by atoms with Gasteiger partial charge in [0.25, 0.3) is 10.1 Å². The Morgan fingerprint density at radius 1 is 0.792 bits per heavy atom. The Bertz CT molecular complexity index is 2220. The van der Waals surface area contributed by atoms with E-state index in [4.69, 9.17) is 16.0 Å². The molecule has 0 fully saturated rings. The summed E-state index contributed by atoms with van der Waals surface area (Å²) in [4.78, 5) is 22.7. The van der Waals surface area contributed by atoms with E-state index in [1.807, 2.05) is 50.2 Å². The predicted octanol–water partition coefficient (Wildman–Crippen LogP) is 7.13. The Balaban J connectivity index is 1.31. The van der Waals surface area contributed by atoms with Gasteiger partial charge in [0.2, 0.25) is 0 Å². The second-order valence-electron chi connectivity index (χ2n) is 10.5. The van der Waals surface area contributed by atoms with Crippen LogP contribution in [0.1, 0.15) is 11.1 Å². The summed E-state index contributed by atoms with van der Waals surface area (Å²) in [7, 11) is -4.32. The third-order valence-corrected chi connectivity index (χ3v) is 8.01. The van der Waals surface area contributed by atoms with Crippen molar-refractivity contribution in [1.82, 2.24) is 0 Å². The lowest BCUT2D eigenvalue weighted by Gasteiger charge is -2.11. The molecule has 0 aromatic heterocycles. The number of carbonyl (C=O) groups is 2. The fraction of sp³-hybridized carbons (Fsp3) is 0.0606. The van der Waals surface area contributed by atoms with Crippen molar-refractivity contribution in [3.05, 3.63) is 108 Å². The highest BCUT2D eigenvalue weighted by Crippen LogP contribution is 2.39. The smallest absolute Gasteiger partial charge is 0.339 e. The number of anilines is 3. The molecule has 0 amide bonds. The fourth-order valence-electron chi connectivity index (χ4n) is 4.51. The number of nitrogens with one attached hydrogen (secondary N) is 1. The maximum absolute atomic E-state index is 11.7. The maximum atomic E-state index is 11.7. The van der Waals surface area contributed by atoms with Gasteiger partial charge in [0.15, 0.2) is 5.78 Å². The van der Waals surface area contributed by atoms with Gasteiger partial charge in [-0.2, -0.15) is 23.7 Å². The van der Waals surface area contributed by atoms with Gasteiger partial charge in [-0.1, -0.05) is 12.1 Å². The molecule has 0 spiro atoms. The Morgan fingerprint density at radius 3 is 2.08 bits per heavy atom. The molecule has 5 rings (SSSR count). The van der Waals surface area contributed by atoms with Crippen molar-refractivity contribution in [3.63, 3.8) is 0 Å². The molecule has 48 heavy (non-hydrogen) atoms. The highest BCUT2D eigenvalue weighted by atomic mass is 32.2. The molecule has 0 aliphatic heterocycles. The molecule has 7 N–H and O–H groups in total. The summed E-state index contributed by atoms with van der Waals surface area (Å²) in [6, 6.07) is 19.7. The van der Waals surface area contributed by atoms with E-state index in [1.165, 1.54) is 42.5 Å². The van der Waals surface area contributed by atoms with Gasteiger partial charge in [-0.15, -0.1) is 10.2 Å². The van der Waals surface area contributed by atoms with E-state index in [9.17, 15) is 23.1 Å². The number of azo groups is 2. The molecule has 0 saturated heterocycles. The number of benzene rings is 4. The number of nitrogens with zero attached hydrogens (tertiary/aromatic N) is 5. The minimum Gasteiger partial charge on any atom is -0.478 e. The number of hydrogen-bond donors (Lipinski definition) is 5. The first-order chi connectivity index (χ1) is 22.8. The van der Waals surface area contributed by atoms with E-state index >= 15 is 0 Å². The Labute approximate surface area is 274 Å². The third kappa shape index (κ3) is 7.55. The minimum absolute atomic E-state index is 0.145. The number of carbonyl (C=O) groups excluding carboxylic acids is 1. The van der Waals surface area contributed by atoms with Crippen LogP contribution in [0.2, 0.25) is 0 Å². The Morgan fingerprint density at radius 2 is 1.44 bits per heavy atom. The zero-order valence-electron chi connectivity index (χ0n) is 25.5. The molecular weight excluding hydrogens is 636 g/mol. The lowest BCUT2D eigenvalue weighted by atomic mass is 10.00. The van der Waals surface area contributed by atoms with Crippen LogP contribution < -0.4 is 16.9 Å². The molecule has 0 atom stereocenters. The molecule has 1 aliphatic rings. The lowest BCUT2D eigenvalue weighted by Crippen LogP contribution is -2.16. The summed E-state index contributed by atoms with van der Waals surface area (Å²) in [5.41, 5.74) is 21.4. The molecule has 0 radical (unpaired) electrons. The van der Waals surface area contributed by atoms with Crippen LogP contribution in [0.15, 0.2) is 127 Å². The Kier molecular flexibility index (Phi) is 9.35. The number of allylic oxidation sites excluding steroid dienone is 3. The van der Waals surface area contributed by atoms with E-state index < -0.39 is 21.9 Å². The van der Waals surface area contributed by atoms with E-state index in [0.717, 1.165) is 22.3 Å². The number of nitrogens with two attached hydrogens (primary N) is 2.